The summed E-state index contributed by atoms with van der Waals surface area (Å²) in [7, 11) is 1.75. The van der Waals surface area contributed by atoms with E-state index in [1.807, 2.05) is 0 Å². The maximum atomic E-state index is 12.5. The third-order valence-electron chi connectivity index (χ3n) is 1.95. The van der Waals surface area contributed by atoms with Crippen LogP contribution in [0.2, 0.25) is 0 Å². The number of nitrogens with zero attached hydrogens (tertiary/aromatic N) is 3. The molecular formula is C10H9FN4O. The van der Waals surface area contributed by atoms with Gasteiger partial charge in [0.2, 0.25) is 5.95 Å². The predicted molar refractivity (Wildman–Crippen MR) is 55.4 cm³/mol. The standard InChI is InChI=1S/C10H9FN4O/c1-15-6-8(5-13-15)14-10(16)7-2-3-9(11)12-4-7/h2-6H,1H3,(H,14,16). The number of nitrogens with one attached hydrogen (secondary N) is 1. The zero-order chi connectivity index (χ0) is 11.5. The SMILES string of the molecule is Cn1cc(NC(=O)c2ccc(F)nc2)cn1. The average Bonchev–Trinajstić information content (AvgIpc) is 2.65. The molecule has 5 nitrogen and oxygen atoms in total. The molecule has 0 unspecified atom stereocenters. The van der Waals surface area contributed by atoms with Crippen molar-refractivity contribution in [1.29, 1.82) is 0 Å². The van der Waals surface area contributed by atoms with Crippen LogP contribution in [-0.2, 0) is 7.05 Å². The summed E-state index contributed by atoms with van der Waals surface area (Å²) in [6.45, 7) is 0. The summed E-state index contributed by atoms with van der Waals surface area (Å²) in [5, 5.41) is 6.52. The largest absolute Gasteiger partial charge is 0.319 e. The highest BCUT2D eigenvalue weighted by Crippen LogP contribution is 2.07. The van der Waals surface area contributed by atoms with E-state index in [1.165, 1.54) is 18.5 Å². The van der Waals surface area contributed by atoms with E-state index in [2.05, 4.69) is 15.4 Å². The highest BCUT2D eigenvalue weighted by Gasteiger charge is 2.07. The smallest absolute Gasteiger partial charge is 0.257 e. The number of hydrogen-bond acceptors (Lipinski definition) is 3. The molecule has 0 aliphatic heterocycles. The summed E-state index contributed by atoms with van der Waals surface area (Å²) < 4.78 is 14.1. The summed E-state index contributed by atoms with van der Waals surface area (Å²) in [5.74, 6) is -0.960. The van der Waals surface area contributed by atoms with Gasteiger partial charge in [-0.15, -0.1) is 0 Å². The highest BCUT2D eigenvalue weighted by molar-refractivity contribution is 6.03. The van der Waals surface area contributed by atoms with Gasteiger partial charge >= 0.3 is 0 Å². The van der Waals surface area contributed by atoms with Crippen molar-refractivity contribution in [2.75, 3.05) is 5.32 Å². The number of carbonyl (C=O) groups excluding carboxylic acids is 1. The van der Waals surface area contributed by atoms with Gasteiger partial charge in [-0.1, -0.05) is 0 Å². The second-order valence-corrected chi connectivity index (χ2v) is 3.23. The van der Waals surface area contributed by atoms with Gasteiger partial charge in [0.25, 0.3) is 5.91 Å². The molecule has 1 amide bonds. The van der Waals surface area contributed by atoms with E-state index in [0.717, 1.165) is 6.07 Å². The Morgan fingerprint density at radius 2 is 2.25 bits per heavy atom. The van der Waals surface area contributed by atoms with Crippen LogP contribution in [0.1, 0.15) is 10.4 Å². The van der Waals surface area contributed by atoms with Crippen LogP contribution in [0.3, 0.4) is 0 Å². The van der Waals surface area contributed by atoms with Crippen LogP contribution < -0.4 is 5.32 Å². The Labute approximate surface area is 90.9 Å². The van der Waals surface area contributed by atoms with E-state index >= 15 is 0 Å². The quantitative estimate of drug-likeness (QED) is 0.774. The fourth-order valence-corrected chi connectivity index (χ4v) is 1.20. The molecule has 0 radical (unpaired) electrons. The van der Waals surface area contributed by atoms with Gasteiger partial charge in [0.1, 0.15) is 0 Å². The molecule has 1 N–H and O–H groups in total. The molecule has 0 aliphatic carbocycles. The fraction of sp³-hybridized carbons (Fsp3) is 0.100. The molecule has 0 bridgehead atoms. The highest BCUT2D eigenvalue weighted by atomic mass is 19.1. The number of aryl methyl sites for hydroxylation is 1. The minimum absolute atomic E-state index is 0.297. The molecule has 16 heavy (non-hydrogen) atoms. The van der Waals surface area contributed by atoms with E-state index in [4.69, 9.17) is 0 Å². The van der Waals surface area contributed by atoms with Crippen molar-refractivity contribution >= 4 is 11.6 Å². The zero-order valence-electron chi connectivity index (χ0n) is 8.51. The topological polar surface area (TPSA) is 59.8 Å². The Balaban J connectivity index is 2.11. The van der Waals surface area contributed by atoms with Gasteiger partial charge in [-0.3, -0.25) is 9.48 Å². The summed E-state index contributed by atoms with van der Waals surface area (Å²) >= 11 is 0. The van der Waals surface area contributed by atoms with Gasteiger partial charge in [0.05, 0.1) is 17.4 Å². The maximum Gasteiger partial charge on any atom is 0.257 e. The van der Waals surface area contributed by atoms with E-state index in [0.29, 0.717) is 11.3 Å². The van der Waals surface area contributed by atoms with E-state index < -0.39 is 5.95 Å². The van der Waals surface area contributed by atoms with Crippen LogP contribution in [0, 0.1) is 5.95 Å². The van der Waals surface area contributed by atoms with Crippen molar-refractivity contribution in [3.63, 3.8) is 0 Å². The lowest BCUT2D eigenvalue weighted by atomic mass is 10.2. The van der Waals surface area contributed by atoms with Crippen molar-refractivity contribution < 1.29 is 9.18 Å². The lowest BCUT2D eigenvalue weighted by molar-refractivity contribution is 0.102. The number of hydrogen-bond donors (Lipinski definition) is 1. The van der Waals surface area contributed by atoms with Crippen molar-refractivity contribution in [3.8, 4) is 0 Å². The van der Waals surface area contributed by atoms with Crippen molar-refractivity contribution in [2.45, 2.75) is 0 Å². The van der Waals surface area contributed by atoms with Gasteiger partial charge in [0, 0.05) is 19.4 Å². The molecule has 82 valence electrons. The van der Waals surface area contributed by atoms with Gasteiger partial charge in [-0.05, 0) is 12.1 Å². The summed E-state index contributed by atoms with van der Waals surface area (Å²) in [6, 6.07) is 2.51. The number of anilines is 1. The zero-order valence-corrected chi connectivity index (χ0v) is 8.51. The second kappa shape index (κ2) is 4.09. The number of amides is 1. The minimum atomic E-state index is -0.613. The maximum absolute atomic E-state index is 12.5. The van der Waals surface area contributed by atoms with Gasteiger partial charge in [-0.2, -0.15) is 9.49 Å². The van der Waals surface area contributed by atoms with Crippen molar-refractivity contribution in [1.82, 2.24) is 14.8 Å². The summed E-state index contributed by atoms with van der Waals surface area (Å²) in [6.07, 6.45) is 4.37. The van der Waals surface area contributed by atoms with E-state index in [-0.39, 0.29) is 5.91 Å². The molecule has 6 heteroatoms. The minimum Gasteiger partial charge on any atom is -0.319 e. The monoisotopic (exact) mass is 220 g/mol. The van der Waals surface area contributed by atoms with E-state index in [9.17, 15) is 9.18 Å². The Morgan fingerprint density at radius 1 is 1.44 bits per heavy atom. The second-order valence-electron chi connectivity index (χ2n) is 3.23. The first kappa shape index (κ1) is 10.3. The number of halogens is 1. The van der Waals surface area contributed by atoms with Crippen molar-refractivity contribution in [2.24, 2.45) is 7.05 Å². The Kier molecular flexibility index (Phi) is 2.63. The molecule has 0 aromatic carbocycles. The first-order valence-corrected chi connectivity index (χ1v) is 4.57. The molecule has 0 spiro atoms. The van der Waals surface area contributed by atoms with Crippen LogP contribution >= 0.6 is 0 Å². The predicted octanol–water partition coefficient (Wildman–Crippen LogP) is 1.21. The van der Waals surface area contributed by atoms with Crippen molar-refractivity contribution in [3.05, 3.63) is 42.2 Å². The molecule has 0 saturated heterocycles. The molecule has 0 fully saturated rings. The van der Waals surface area contributed by atoms with Crippen LogP contribution in [0.5, 0.6) is 0 Å². The number of pyridine rings is 1. The van der Waals surface area contributed by atoms with E-state index in [1.54, 1.807) is 17.9 Å². The first-order valence-electron chi connectivity index (χ1n) is 4.57. The van der Waals surface area contributed by atoms with Gasteiger partial charge in [0.15, 0.2) is 0 Å². The molecule has 2 aromatic heterocycles. The van der Waals surface area contributed by atoms with Crippen LogP contribution in [0.25, 0.3) is 0 Å². The normalized spacial score (nSPS) is 10.1. The fourth-order valence-electron chi connectivity index (χ4n) is 1.20. The number of rotatable bonds is 2. The molecule has 0 aliphatic rings. The average molecular weight is 220 g/mol. The molecule has 0 saturated carbocycles. The van der Waals surface area contributed by atoms with Gasteiger partial charge in [-0.25, -0.2) is 4.98 Å². The summed E-state index contributed by atoms with van der Waals surface area (Å²) in [5.41, 5.74) is 0.877. The molecule has 0 atom stereocenters. The third-order valence-corrected chi connectivity index (χ3v) is 1.95. The third kappa shape index (κ3) is 2.22. The van der Waals surface area contributed by atoms with Crippen LogP contribution in [0.4, 0.5) is 10.1 Å². The molecular weight excluding hydrogens is 211 g/mol. The Bertz CT molecular complexity index is 506. The number of aromatic nitrogens is 3. The molecule has 2 rings (SSSR count). The lowest BCUT2D eigenvalue weighted by Crippen LogP contribution is -2.11. The number of carbonyl (C=O) groups is 1. The Hall–Kier alpha value is -2.24. The first-order chi connectivity index (χ1) is 7.65. The Morgan fingerprint density at radius 3 is 2.81 bits per heavy atom. The summed E-state index contributed by atoms with van der Waals surface area (Å²) in [4.78, 5) is 15.0. The van der Waals surface area contributed by atoms with Crippen LogP contribution in [0.15, 0.2) is 30.7 Å². The lowest BCUT2D eigenvalue weighted by Gasteiger charge is -2.01. The van der Waals surface area contributed by atoms with Gasteiger partial charge < -0.3 is 5.32 Å². The van der Waals surface area contributed by atoms with Crippen LogP contribution in [-0.4, -0.2) is 20.7 Å². The molecule has 2 heterocycles. The molecule has 2 aromatic rings.